The van der Waals surface area contributed by atoms with Crippen molar-refractivity contribution in [1.29, 1.82) is 0 Å². The summed E-state index contributed by atoms with van der Waals surface area (Å²) in [5, 5.41) is 38.4. The van der Waals surface area contributed by atoms with Gasteiger partial charge in [-0.25, -0.2) is 0 Å². The molecule has 0 radical (unpaired) electrons. The van der Waals surface area contributed by atoms with Gasteiger partial charge in [0.1, 0.15) is 18.3 Å². The molecule has 2 aliphatic rings. The number of ether oxygens (including phenoxy) is 1. The van der Waals surface area contributed by atoms with Gasteiger partial charge in [-0.2, -0.15) is 0 Å². The van der Waals surface area contributed by atoms with E-state index in [2.05, 4.69) is 11.8 Å². The molecule has 2 heterocycles. The van der Waals surface area contributed by atoms with Crippen LogP contribution in [0.15, 0.2) is 0 Å². The van der Waals surface area contributed by atoms with Gasteiger partial charge in [-0.05, 0) is 13.0 Å². The van der Waals surface area contributed by atoms with Crippen molar-refractivity contribution < 1.29 is 30.0 Å². The topological polar surface area (TPSA) is 114 Å². The Bertz CT molecular complexity index is 361. The van der Waals surface area contributed by atoms with E-state index in [1.165, 1.54) is 0 Å². The van der Waals surface area contributed by atoms with Gasteiger partial charge in [0.25, 0.3) is 5.91 Å². The highest BCUT2D eigenvalue weighted by Gasteiger charge is 2.47. The number of carbonyl (C=O) groups excluding carboxylic acids is 1. The molecule has 8 heteroatoms. The Morgan fingerprint density at radius 1 is 1.05 bits per heavy atom. The fraction of sp³-hybridized carbons (Fsp3) is 0.923. The van der Waals surface area contributed by atoms with Crippen molar-refractivity contribution in [2.45, 2.75) is 44.1 Å². The van der Waals surface area contributed by atoms with E-state index in [-0.39, 0.29) is 0 Å². The summed E-state index contributed by atoms with van der Waals surface area (Å²) in [6.07, 6.45) is -6.76. The standard InChI is InChI=1S/C13H24N2O6/c1-2-3-14-4-6-15(7-5-14)12(19)11-9(17)8(16)10(18)13(20)21-11/h8-11,13,16-18,20H,2-7H2,1H3/t8-,9-,10+,11-,13+/m0/s1. The summed E-state index contributed by atoms with van der Waals surface area (Å²) >= 11 is 0. The van der Waals surface area contributed by atoms with Gasteiger partial charge in [0.15, 0.2) is 12.4 Å². The first-order chi connectivity index (χ1) is 9.95. The fourth-order valence-corrected chi connectivity index (χ4v) is 2.75. The van der Waals surface area contributed by atoms with E-state index in [0.29, 0.717) is 13.1 Å². The molecule has 0 aliphatic carbocycles. The summed E-state index contributed by atoms with van der Waals surface area (Å²) in [6, 6.07) is 0. The second kappa shape index (κ2) is 6.99. The van der Waals surface area contributed by atoms with Crippen molar-refractivity contribution in [2.75, 3.05) is 32.7 Å². The Morgan fingerprint density at radius 3 is 2.24 bits per heavy atom. The Labute approximate surface area is 123 Å². The van der Waals surface area contributed by atoms with E-state index in [0.717, 1.165) is 26.1 Å². The van der Waals surface area contributed by atoms with Crippen LogP contribution in [0.5, 0.6) is 0 Å². The van der Waals surface area contributed by atoms with Crippen LogP contribution >= 0.6 is 0 Å². The van der Waals surface area contributed by atoms with E-state index in [1.54, 1.807) is 4.90 Å². The SMILES string of the molecule is CCCN1CCN(C(=O)[C@H]2O[C@@H](O)[C@H](O)[C@@H](O)[C@@H]2O)CC1. The lowest BCUT2D eigenvalue weighted by Gasteiger charge is -2.41. The van der Waals surface area contributed by atoms with E-state index in [4.69, 9.17) is 4.74 Å². The lowest BCUT2D eigenvalue weighted by molar-refractivity contribution is -0.278. The fourth-order valence-electron chi connectivity index (χ4n) is 2.75. The molecule has 0 aromatic rings. The van der Waals surface area contributed by atoms with E-state index >= 15 is 0 Å². The van der Waals surface area contributed by atoms with Crippen LogP contribution in [0.25, 0.3) is 0 Å². The molecular weight excluding hydrogens is 280 g/mol. The third kappa shape index (κ3) is 3.53. The van der Waals surface area contributed by atoms with Crippen molar-refractivity contribution in [2.24, 2.45) is 0 Å². The van der Waals surface area contributed by atoms with Crippen LogP contribution in [0.2, 0.25) is 0 Å². The number of aliphatic hydroxyl groups excluding tert-OH is 4. The number of hydrogen-bond donors (Lipinski definition) is 4. The number of nitrogens with zero attached hydrogens (tertiary/aromatic N) is 2. The molecule has 2 fully saturated rings. The van der Waals surface area contributed by atoms with Gasteiger partial charge < -0.3 is 30.1 Å². The molecule has 8 nitrogen and oxygen atoms in total. The molecular formula is C13H24N2O6. The number of hydrogen-bond acceptors (Lipinski definition) is 7. The summed E-state index contributed by atoms with van der Waals surface area (Å²) in [5.41, 5.74) is 0. The number of aliphatic hydroxyl groups is 4. The third-order valence-corrected chi connectivity index (χ3v) is 4.06. The first-order valence-corrected chi connectivity index (χ1v) is 7.34. The zero-order valence-electron chi connectivity index (χ0n) is 12.1. The predicted octanol–water partition coefficient (Wildman–Crippen LogP) is -2.66. The molecule has 2 rings (SSSR count). The zero-order valence-corrected chi connectivity index (χ0v) is 12.1. The maximum absolute atomic E-state index is 12.3. The third-order valence-electron chi connectivity index (χ3n) is 4.06. The van der Waals surface area contributed by atoms with E-state index in [9.17, 15) is 25.2 Å². The molecule has 122 valence electrons. The van der Waals surface area contributed by atoms with Gasteiger partial charge >= 0.3 is 0 Å². The van der Waals surface area contributed by atoms with E-state index < -0.39 is 36.6 Å². The molecule has 0 bridgehead atoms. The minimum Gasteiger partial charge on any atom is -0.387 e. The Morgan fingerprint density at radius 2 is 1.67 bits per heavy atom. The van der Waals surface area contributed by atoms with Crippen molar-refractivity contribution in [1.82, 2.24) is 9.80 Å². The summed E-state index contributed by atoms with van der Waals surface area (Å²) in [5.74, 6) is -0.469. The Kier molecular flexibility index (Phi) is 5.53. The van der Waals surface area contributed by atoms with Crippen molar-refractivity contribution in [3.63, 3.8) is 0 Å². The molecule has 0 saturated carbocycles. The summed E-state index contributed by atoms with van der Waals surface area (Å²) < 4.78 is 4.96. The lowest BCUT2D eigenvalue weighted by atomic mass is 9.98. The average Bonchev–Trinajstić information content (AvgIpc) is 2.49. The first-order valence-electron chi connectivity index (χ1n) is 7.34. The molecule has 0 unspecified atom stereocenters. The highest BCUT2D eigenvalue weighted by Crippen LogP contribution is 2.22. The molecule has 2 saturated heterocycles. The van der Waals surface area contributed by atoms with Crippen LogP contribution < -0.4 is 0 Å². The smallest absolute Gasteiger partial charge is 0.254 e. The number of rotatable bonds is 3. The van der Waals surface area contributed by atoms with Crippen LogP contribution in [0.4, 0.5) is 0 Å². The molecule has 2 aliphatic heterocycles. The Hall–Kier alpha value is -0.770. The zero-order chi connectivity index (χ0) is 15.6. The van der Waals surface area contributed by atoms with Crippen LogP contribution in [-0.4, -0.2) is 99.6 Å². The van der Waals surface area contributed by atoms with Gasteiger partial charge in [0.05, 0.1) is 0 Å². The highest BCUT2D eigenvalue weighted by molar-refractivity contribution is 5.82. The van der Waals surface area contributed by atoms with Crippen molar-refractivity contribution >= 4 is 5.91 Å². The maximum Gasteiger partial charge on any atom is 0.254 e. The molecule has 0 aromatic heterocycles. The minimum absolute atomic E-state index is 0.469. The molecule has 0 aromatic carbocycles. The van der Waals surface area contributed by atoms with Crippen molar-refractivity contribution in [3.8, 4) is 0 Å². The second-order valence-corrected chi connectivity index (χ2v) is 5.59. The summed E-state index contributed by atoms with van der Waals surface area (Å²) in [6.45, 7) is 5.60. The highest BCUT2D eigenvalue weighted by atomic mass is 16.6. The quantitative estimate of drug-likeness (QED) is 0.450. The predicted molar refractivity (Wildman–Crippen MR) is 72.2 cm³/mol. The Balaban J connectivity index is 1.94. The molecule has 0 spiro atoms. The lowest BCUT2D eigenvalue weighted by Crippen LogP contribution is -2.63. The first kappa shape index (κ1) is 16.6. The van der Waals surface area contributed by atoms with E-state index in [1.807, 2.05) is 0 Å². The maximum atomic E-state index is 12.3. The van der Waals surface area contributed by atoms with Crippen LogP contribution in [0, 0.1) is 0 Å². The molecule has 5 atom stereocenters. The molecule has 4 N–H and O–H groups in total. The normalized spacial score (nSPS) is 38.5. The number of amides is 1. The average molecular weight is 304 g/mol. The van der Waals surface area contributed by atoms with Crippen LogP contribution in [-0.2, 0) is 9.53 Å². The summed E-state index contributed by atoms with van der Waals surface area (Å²) in [7, 11) is 0. The van der Waals surface area contributed by atoms with Gasteiger partial charge in [0.2, 0.25) is 0 Å². The van der Waals surface area contributed by atoms with Crippen molar-refractivity contribution in [3.05, 3.63) is 0 Å². The van der Waals surface area contributed by atoms with Crippen LogP contribution in [0.3, 0.4) is 0 Å². The second-order valence-electron chi connectivity index (χ2n) is 5.59. The monoisotopic (exact) mass is 304 g/mol. The van der Waals surface area contributed by atoms with Gasteiger partial charge in [0, 0.05) is 26.2 Å². The number of piperazine rings is 1. The minimum atomic E-state index is -1.68. The van der Waals surface area contributed by atoms with Crippen LogP contribution in [0.1, 0.15) is 13.3 Å². The summed E-state index contributed by atoms with van der Waals surface area (Å²) in [4.78, 5) is 16.1. The molecule has 1 amide bonds. The largest absolute Gasteiger partial charge is 0.387 e. The molecule has 21 heavy (non-hydrogen) atoms. The van der Waals surface area contributed by atoms with Gasteiger partial charge in [-0.15, -0.1) is 0 Å². The number of carbonyl (C=O) groups is 1. The van der Waals surface area contributed by atoms with Gasteiger partial charge in [-0.1, -0.05) is 6.92 Å². The van der Waals surface area contributed by atoms with Gasteiger partial charge in [-0.3, -0.25) is 9.69 Å².